The van der Waals surface area contributed by atoms with Crippen molar-refractivity contribution in [3.05, 3.63) is 16.1 Å². The zero-order chi connectivity index (χ0) is 19.2. The van der Waals surface area contributed by atoms with Crippen LogP contribution in [0, 0.1) is 6.92 Å². The van der Waals surface area contributed by atoms with Gasteiger partial charge in [-0.2, -0.15) is 0 Å². The molecule has 0 saturated carbocycles. The Kier molecular flexibility index (Phi) is 7.25. The smallest absolute Gasteiger partial charge is 0.410 e. The molecule has 146 valence electrons. The number of ether oxygens (including phenoxy) is 1. The summed E-state index contributed by atoms with van der Waals surface area (Å²) in [6, 6.07) is 0. The van der Waals surface area contributed by atoms with E-state index in [2.05, 4.69) is 15.4 Å². The summed E-state index contributed by atoms with van der Waals surface area (Å²) >= 11 is 1.72. The molecule has 0 aromatic carbocycles. The van der Waals surface area contributed by atoms with Gasteiger partial charge < -0.3 is 20.3 Å². The summed E-state index contributed by atoms with van der Waals surface area (Å²) in [7, 11) is 0. The number of unbranched alkanes of at least 4 members (excludes halogenated alkanes) is 1. The van der Waals surface area contributed by atoms with Crippen molar-refractivity contribution in [2.75, 3.05) is 32.7 Å². The number of hydrogen-bond acceptors (Lipinski definition) is 5. The molecule has 1 saturated heterocycles. The quantitative estimate of drug-likeness (QED) is 0.481. The second-order valence-corrected chi connectivity index (χ2v) is 8.48. The van der Waals surface area contributed by atoms with E-state index in [1.54, 1.807) is 16.2 Å². The minimum atomic E-state index is -0.466. The Labute approximate surface area is 160 Å². The van der Waals surface area contributed by atoms with Crippen LogP contribution in [0.4, 0.5) is 4.79 Å². The Balaban J connectivity index is 1.66. The lowest BCUT2D eigenvalue weighted by Crippen LogP contribution is -2.53. The molecular weight excluding hydrogens is 350 g/mol. The number of aryl methyl sites for hydroxylation is 2. The third-order valence-electron chi connectivity index (χ3n) is 3.99. The number of carbonyl (C=O) groups excluding carboxylic acids is 1. The fourth-order valence-corrected chi connectivity index (χ4v) is 3.46. The van der Waals surface area contributed by atoms with Crippen molar-refractivity contribution in [3.8, 4) is 0 Å². The lowest BCUT2D eigenvalue weighted by molar-refractivity contribution is 0.0186. The molecule has 26 heavy (non-hydrogen) atoms. The first-order chi connectivity index (χ1) is 12.2. The normalized spacial score (nSPS) is 16.1. The third-order valence-corrected chi connectivity index (χ3v) is 5.02. The molecule has 1 amide bonds. The van der Waals surface area contributed by atoms with Crippen LogP contribution in [0.15, 0.2) is 10.4 Å². The van der Waals surface area contributed by atoms with Gasteiger partial charge in [0.1, 0.15) is 5.60 Å². The maximum atomic E-state index is 12.1. The molecule has 7 nitrogen and oxygen atoms in total. The Hall–Kier alpha value is -1.83. The summed E-state index contributed by atoms with van der Waals surface area (Å²) < 4.78 is 5.41. The van der Waals surface area contributed by atoms with Crippen molar-refractivity contribution in [3.63, 3.8) is 0 Å². The van der Waals surface area contributed by atoms with E-state index in [1.807, 2.05) is 32.6 Å². The van der Waals surface area contributed by atoms with Crippen LogP contribution in [0.3, 0.4) is 0 Å². The fraction of sp³-hybridized carbons (Fsp3) is 0.722. The molecule has 1 aliphatic heterocycles. The lowest BCUT2D eigenvalue weighted by Gasteiger charge is -2.36. The number of rotatable bonds is 5. The second kappa shape index (κ2) is 9.21. The highest BCUT2D eigenvalue weighted by Crippen LogP contribution is 2.13. The maximum absolute atomic E-state index is 12.1. The number of thiazole rings is 1. The fourth-order valence-electron chi connectivity index (χ4n) is 2.64. The number of hydrogen-bond donors (Lipinski definition) is 1. The van der Waals surface area contributed by atoms with Gasteiger partial charge in [0, 0.05) is 43.8 Å². The average molecular weight is 382 g/mol. The molecule has 2 rings (SSSR count). The van der Waals surface area contributed by atoms with Gasteiger partial charge in [0.25, 0.3) is 0 Å². The zero-order valence-corrected chi connectivity index (χ0v) is 17.1. The molecule has 0 atom stereocenters. The number of aliphatic imine (C=N–C) groups is 1. The largest absolute Gasteiger partial charge is 0.444 e. The number of carbonyl (C=O) groups is 1. The van der Waals surface area contributed by atoms with Crippen LogP contribution in [-0.4, -0.2) is 65.2 Å². The SMILES string of the molecule is Cc1csc(CCCCN=C(N)N2CCN(C(=O)OC(C)(C)C)CC2)n1. The van der Waals surface area contributed by atoms with Gasteiger partial charge in [-0.3, -0.25) is 4.99 Å². The van der Waals surface area contributed by atoms with Crippen molar-refractivity contribution in [2.45, 2.75) is 52.6 Å². The zero-order valence-electron chi connectivity index (χ0n) is 16.3. The summed E-state index contributed by atoms with van der Waals surface area (Å²) in [6.07, 6.45) is 2.81. The van der Waals surface area contributed by atoms with Gasteiger partial charge in [0.2, 0.25) is 0 Å². The molecule has 2 heterocycles. The maximum Gasteiger partial charge on any atom is 0.410 e. The number of piperazine rings is 1. The summed E-state index contributed by atoms with van der Waals surface area (Å²) in [6.45, 7) is 11.0. The minimum absolute atomic E-state index is 0.259. The predicted octanol–water partition coefficient (Wildman–Crippen LogP) is 2.64. The van der Waals surface area contributed by atoms with E-state index < -0.39 is 5.60 Å². The topological polar surface area (TPSA) is 84.0 Å². The Bertz CT molecular complexity index is 615. The van der Waals surface area contributed by atoms with Crippen LogP contribution >= 0.6 is 11.3 Å². The summed E-state index contributed by atoms with van der Waals surface area (Å²) in [5, 5.41) is 3.28. The molecule has 0 radical (unpaired) electrons. The number of aromatic nitrogens is 1. The van der Waals surface area contributed by atoms with Crippen LogP contribution in [0.2, 0.25) is 0 Å². The van der Waals surface area contributed by atoms with Gasteiger partial charge in [0.15, 0.2) is 5.96 Å². The van der Waals surface area contributed by atoms with Crippen LogP contribution in [0.25, 0.3) is 0 Å². The first-order valence-corrected chi connectivity index (χ1v) is 10.1. The molecule has 2 N–H and O–H groups in total. The standard InChI is InChI=1S/C18H31N5O2S/c1-14-13-26-15(21-14)7-5-6-8-20-16(19)22-9-11-23(12-10-22)17(24)25-18(2,3)4/h13H,5-12H2,1-4H3,(H2,19,20). The molecular formula is C18H31N5O2S. The van der Waals surface area contributed by atoms with Gasteiger partial charge >= 0.3 is 6.09 Å². The highest BCUT2D eigenvalue weighted by molar-refractivity contribution is 7.09. The van der Waals surface area contributed by atoms with Gasteiger partial charge in [-0.25, -0.2) is 9.78 Å². The summed E-state index contributed by atoms with van der Waals surface area (Å²) in [5.74, 6) is 0.568. The number of nitrogens with zero attached hydrogens (tertiary/aromatic N) is 4. The Morgan fingerprint density at radius 1 is 1.27 bits per heavy atom. The van der Waals surface area contributed by atoms with Crippen LogP contribution in [0.1, 0.15) is 44.3 Å². The number of nitrogens with two attached hydrogens (primary N) is 1. The van der Waals surface area contributed by atoms with Gasteiger partial charge in [-0.15, -0.1) is 11.3 Å². The van der Waals surface area contributed by atoms with Crippen molar-refractivity contribution < 1.29 is 9.53 Å². The number of guanidine groups is 1. The first kappa shape index (κ1) is 20.5. The molecule has 0 bridgehead atoms. The van der Waals surface area contributed by atoms with Crippen molar-refractivity contribution in [1.82, 2.24) is 14.8 Å². The van der Waals surface area contributed by atoms with Crippen molar-refractivity contribution >= 4 is 23.4 Å². The van der Waals surface area contributed by atoms with E-state index in [9.17, 15) is 4.79 Å². The minimum Gasteiger partial charge on any atom is -0.444 e. The summed E-state index contributed by atoms with van der Waals surface area (Å²) in [4.78, 5) is 24.8. The highest BCUT2D eigenvalue weighted by Gasteiger charge is 2.26. The monoisotopic (exact) mass is 381 g/mol. The van der Waals surface area contributed by atoms with E-state index in [4.69, 9.17) is 10.5 Å². The van der Waals surface area contributed by atoms with Crippen molar-refractivity contribution in [2.24, 2.45) is 10.7 Å². The molecule has 1 aromatic heterocycles. The van der Waals surface area contributed by atoms with E-state index >= 15 is 0 Å². The van der Waals surface area contributed by atoms with E-state index in [1.165, 1.54) is 5.01 Å². The second-order valence-electron chi connectivity index (χ2n) is 7.53. The Morgan fingerprint density at radius 2 is 1.92 bits per heavy atom. The molecule has 0 aliphatic carbocycles. The van der Waals surface area contributed by atoms with Gasteiger partial charge in [0.05, 0.1) is 5.01 Å². The molecule has 0 spiro atoms. The first-order valence-electron chi connectivity index (χ1n) is 9.18. The van der Waals surface area contributed by atoms with Gasteiger partial charge in [-0.05, 0) is 47.0 Å². The lowest BCUT2D eigenvalue weighted by atomic mass is 10.2. The third kappa shape index (κ3) is 6.82. The van der Waals surface area contributed by atoms with Crippen LogP contribution in [-0.2, 0) is 11.2 Å². The van der Waals surface area contributed by atoms with Crippen molar-refractivity contribution in [1.29, 1.82) is 0 Å². The summed E-state index contributed by atoms with van der Waals surface area (Å²) in [5.41, 5.74) is 6.73. The average Bonchev–Trinajstić information content (AvgIpc) is 2.98. The van der Waals surface area contributed by atoms with Crippen LogP contribution in [0.5, 0.6) is 0 Å². The Morgan fingerprint density at radius 3 is 2.50 bits per heavy atom. The predicted molar refractivity (Wildman–Crippen MR) is 106 cm³/mol. The number of amides is 1. The molecule has 1 aliphatic rings. The van der Waals surface area contributed by atoms with E-state index in [-0.39, 0.29) is 6.09 Å². The molecule has 1 aromatic rings. The molecule has 1 fully saturated rings. The van der Waals surface area contributed by atoms with Crippen LogP contribution < -0.4 is 5.73 Å². The highest BCUT2D eigenvalue weighted by atomic mass is 32.1. The molecule has 0 unspecified atom stereocenters. The molecule has 8 heteroatoms. The van der Waals surface area contributed by atoms with E-state index in [0.717, 1.165) is 31.5 Å². The van der Waals surface area contributed by atoms with E-state index in [0.29, 0.717) is 32.1 Å². The van der Waals surface area contributed by atoms with Gasteiger partial charge in [-0.1, -0.05) is 0 Å².